The Morgan fingerprint density at radius 1 is 1.14 bits per heavy atom. The van der Waals surface area contributed by atoms with E-state index in [1.807, 2.05) is 30.3 Å². The summed E-state index contributed by atoms with van der Waals surface area (Å²) in [6, 6.07) is 13.3. The van der Waals surface area contributed by atoms with Gasteiger partial charge in [0.2, 0.25) is 0 Å². The SMILES string of the molecule is N[C@H]1N=C(c2ccccc2)c2cccc(F)c2NC1C=O. The molecule has 4 nitrogen and oxygen atoms in total. The van der Waals surface area contributed by atoms with Gasteiger partial charge in [0.1, 0.15) is 24.3 Å². The first-order valence-corrected chi connectivity index (χ1v) is 6.60. The summed E-state index contributed by atoms with van der Waals surface area (Å²) in [6.07, 6.45) is -0.122. The summed E-state index contributed by atoms with van der Waals surface area (Å²) in [6.45, 7) is 0. The monoisotopic (exact) mass is 283 g/mol. The zero-order valence-electron chi connectivity index (χ0n) is 11.2. The lowest BCUT2D eigenvalue weighted by atomic mass is 10.0. The molecule has 1 unspecified atom stereocenters. The third-order valence-corrected chi connectivity index (χ3v) is 3.42. The maximum Gasteiger partial charge on any atom is 0.147 e. The molecule has 0 aromatic heterocycles. The van der Waals surface area contributed by atoms with Crippen molar-refractivity contribution in [2.75, 3.05) is 5.32 Å². The first kappa shape index (κ1) is 13.5. The Balaban J connectivity index is 2.22. The first-order valence-electron chi connectivity index (χ1n) is 6.60. The van der Waals surface area contributed by atoms with Crippen LogP contribution in [0.1, 0.15) is 11.1 Å². The Labute approximate surface area is 121 Å². The molecule has 0 fully saturated rings. The lowest BCUT2D eigenvalue weighted by Crippen LogP contribution is -2.39. The number of hydrogen-bond acceptors (Lipinski definition) is 4. The zero-order chi connectivity index (χ0) is 14.8. The molecule has 2 atom stereocenters. The average molecular weight is 283 g/mol. The van der Waals surface area contributed by atoms with Crippen molar-refractivity contribution in [3.8, 4) is 0 Å². The van der Waals surface area contributed by atoms with Crippen LogP contribution in [0.3, 0.4) is 0 Å². The normalized spacial score (nSPS) is 20.8. The molecule has 106 valence electrons. The van der Waals surface area contributed by atoms with E-state index in [1.54, 1.807) is 12.1 Å². The van der Waals surface area contributed by atoms with Gasteiger partial charge >= 0.3 is 0 Å². The second kappa shape index (κ2) is 5.46. The van der Waals surface area contributed by atoms with E-state index in [-0.39, 0.29) is 5.69 Å². The van der Waals surface area contributed by atoms with Crippen molar-refractivity contribution in [1.82, 2.24) is 0 Å². The number of nitrogens with two attached hydrogens (primary N) is 1. The lowest BCUT2D eigenvalue weighted by Gasteiger charge is -2.15. The van der Waals surface area contributed by atoms with Crippen LogP contribution in [0.25, 0.3) is 0 Å². The van der Waals surface area contributed by atoms with Crippen molar-refractivity contribution in [3.63, 3.8) is 0 Å². The van der Waals surface area contributed by atoms with E-state index >= 15 is 0 Å². The number of para-hydroxylation sites is 1. The Morgan fingerprint density at radius 2 is 1.90 bits per heavy atom. The third-order valence-electron chi connectivity index (χ3n) is 3.42. The summed E-state index contributed by atoms with van der Waals surface area (Å²) in [5.74, 6) is -0.433. The fourth-order valence-electron chi connectivity index (χ4n) is 2.36. The van der Waals surface area contributed by atoms with Crippen molar-refractivity contribution >= 4 is 17.7 Å². The number of halogens is 1. The van der Waals surface area contributed by atoms with Crippen LogP contribution in [0.4, 0.5) is 10.1 Å². The Morgan fingerprint density at radius 3 is 2.62 bits per heavy atom. The van der Waals surface area contributed by atoms with Gasteiger partial charge in [-0.05, 0) is 6.07 Å². The van der Waals surface area contributed by atoms with Crippen LogP contribution in [0.2, 0.25) is 0 Å². The number of carbonyl (C=O) groups excluding carboxylic acids is 1. The molecule has 0 aliphatic carbocycles. The molecule has 0 radical (unpaired) electrons. The summed E-state index contributed by atoms with van der Waals surface area (Å²) in [5.41, 5.74) is 8.20. The van der Waals surface area contributed by atoms with Crippen LogP contribution < -0.4 is 11.1 Å². The predicted octanol–water partition coefficient (Wildman–Crippen LogP) is 1.94. The molecule has 3 N–H and O–H groups in total. The summed E-state index contributed by atoms with van der Waals surface area (Å²) >= 11 is 0. The van der Waals surface area contributed by atoms with Crippen molar-refractivity contribution in [1.29, 1.82) is 0 Å². The molecular formula is C16H14FN3O. The Hall–Kier alpha value is -2.53. The maximum atomic E-state index is 14.1. The molecule has 5 heteroatoms. The van der Waals surface area contributed by atoms with Gasteiger partial charge in [-0.3, -0.25) is 4.99 Å². The zero-order valence-corrected chi connectivity index (χ0v) is 11.2. The molecule has 0 saturated heterocycles. The van der Waals surface area contributed by atoms with Gasteiger partial charge in [-0.1, -0.05) is 42.5 Å². The van der Waals surface area contributed by atoms with Gasteiger partial charge < -0.3 is 15.8 Å². The van der Waals surface area contributed by atoms with Crippen LogP contribution in [0, 0.1) is 5.82 Å². The van der Waals surface area contributed by atoms with Gasteiger partial charge in [-0.25, -0.2) is 4.39 Å². The van der Waals surface area contributed by atoms with E-state index in [9.17, 15) is 9.18 Å². The molecule has 0 amide bonds. The topological polar surface area (TPSA) is 67.5 Å². The highest BCUT2D eigenvalue weighted by Crippen LogP contribution is 2.27. The second-order valence-corrected chi connectivity index (χ2v) is 4.80. The van der Waals surface area contributed by atoms with E-state index in [0.29, 0.717) is 17.6 Å². The molecule has 0 spiro atoms. The number of benzene rings is 2. The molecule has 1 heterocycles. The number of carbonyl (C=O) groups is 1. The van der Waals surface area contributed by atoms with Crippen LogP contribution in [0.5, 0.6) is 0 Å². The largest absolute Gasteiger partial charge is 0.370 e. The number of anilines is 1. The van der Waals surface area contributed by atoms with Gasteiger partial charge in [0.15, 0.2) is 0 Å². The summed E-state index contributed by atoms with van der Waals surface area (Å²) < 4.78 is 14.1. The molecule has 3 rings (SSSR count). The highest BCUT2D eigenvalue weighted by atomic mass is 19.1. The minimum Gasteiger partial charge on any atom is -0.370 e. The van der Waals surface area contributed by atoms with Crippen LogP contribution in [0.15, 0.2) is 53.5 Å². The minimum absolute atomic E-state index is 0.255. The third kappa shape index (κ3) is 2.43. The molecule has 2 aromatic carbocycles. The lowest BCUT2D eigenvalue weighted by molar-refractivity contribution is -0.108. The van der Waals surface area contributed by atoms with E-state index in [2.05, 4.69) is 10.3 Å². The van der Waals surface area contributed by atoms with Crippen molar-refractivity contribution < 1.29 is 9.18 Å². The first-order chi connectivity index (χ1) is 10.2. The number of benzodiazepines with no additional fused rings is 1. The van der Waals surface area contributed by atoms with Crippen LogP contribution in [-0.2, 0) is 4.79 Å². The van der Waals surface area contributed by atoms with Crippen molar-refractivity contribution in [3.05, 3.63) is 65.5 Å². The molecule has 0 bridgehead atoms. The molecule has 1 aliphatic rings. The summed E-state index contributed by atoms with van der Waals surface area (Å²) in [7, 11) is 0. The van der Waals surface area contributed by atoms with Crippen molar-refractivity contribution in [2.45, 2.75) is 12.2 Å². The fourth-order valence-corrected chi connectivity index (χ4v) is 2.36. The van der Waals surface area contributed by atoms with Gasteiger partial charge in [-0.15, -0.1) is 0 Å². The number of nitrogens with zero attached hydrogens (tertiary/aromatic N) is 1. The number of fused-ring (bicyclic) bond motifs is 1. The van der Waals surface area contributed by atoms with Gasteiger partial charge in [-0.2, -0.15) is 0 Å². The number of aldehydes is 1. The molecule has 21 heavy (non-hydrogen) atoms. The molecule has 2 aromatic rings. The standard InChI is InChI=1S/C16H14FN3O/c17-12-8-4-7-11-14(10-5-2-1-3-6-10)20-16(18)13(9-21)19-15(11)12/h1-9,13,16,19H,18H2/t13?,16-/m0/s1. The van der Waals surface area contributed by atoms with E-state index in [0.717, 1.165) is 5.56 Å². The number of hydrogen-bond donors (Lipinski definition) is 2. The quantitative estimate of drug-likeness (QED) is 0.828. The minimum atomic E-state index is -0.774. The van der Waals surface area contributed by atoms with E-state index in [4.69, 9.17) is 5.73 Å². The number of nitrogens with one attached hydrogen (secondary N) is 1. The predicted molar refractivity (Wildman–Crippen MR) is 79.9 cm³/mol. The Kier molecular flexibility index (Phi) is 3.50. The highest BCUT2D eigenvalue weighted by Gasteiger charge is 2.26. The maximum absolute atomic E-state index is 14.1. The van der Waals surface area contributed by atoms with Gasteiger partial charge in [0, 0.05) is 11.1 Å². The molecular weight excluding hydrogens is 269 g/mol. The fraction of sp³-hybridized carbons (Fsp3) is 0.125. The van der Waals surface area contributed by atoms with Crippen LogP contribution in [-0.4, -0.2) is 24.2 Å². The second-order valence-electron chi connectivity index (χ2n) is 4.80. The van der Waals surface area contributed by atoms with Crippen LogP contribution >= 0.6 is 0 Å². The average Bonchev–Trinajstić information content (AvgIpc) is 2.66. The van der Waals surface area contributed by atoms with Gasteiger partial charge in [0.05, 0.1) is 11.4 Å². The Bertz CT molecular complexity index is 700. The summed E-state index contributed by atoms with van der Waals surface area (Å²) in [5, 5.41) is 2.84. The summed E-state index contributed by atoms with van der Waals surface area (Å²) in [4.78, 5) is 15.6. The number of rotatable bonds is 2. The molecule has 0 saturated carbocycles. The van der Waals surface area contributed by atoms with Gasteiger partial charge in [0.25, 0.3) is 0 Å². The number of aliphatic imine (C=N–C) groups is 1. The smallest absolute Gasteiger partial charge is 0.147 e. The highest BCUT2D eigenvalue weighted by molar-refractivity contribution is 6.16. The van der Waals surface area contributed by atoms with Crippen molar-refractivity contribution in [2.24, 2.45) is 10.7 Å². The van der Waals surface area contributed by atoms with E-state index < -0.39 is 18.0 Å². The van der Waals surface area contributed by atoms with E-state index in [1.165, 1.54) is 6.07 Å². The molecule has 1 aliphatic heterocycles.